The van der Waals surface area contributed by atoms with Crippen molar-refractivity contribution in [3.8, 4) is 11.3 Å². The standard InChI is InChI=1S/C18H23N3O2.2ClH/c19-12-15-8-5-11-21(15)18(22)10-4-9-17-20-13-16(23-17)14-6-2-1-3-7-14;;/h1-3,6-7,13,15H,4-5,8-12,19H2;2*1H. The third-order valence-electron chi connectivity index (χ3n) is 4.36. The first kappa shape index (κ1) is 21.5. The Morgan fingerprint density at radius 1 is 1.28 bits per heavy atom. The van der Waals surface area contributed by atoms with Gasteiger partial charge in [-0.05, 0) is 19.3 Å². The summed E-state index contributed by atoms with van der Waals surface area (Å²) < 4.78 is 5.76. The second kappa shape index (κ2) is 10.4. The molecule has 1 aliphatic rings. The summed E-state index contributed by atoms with van der Waals surface area (Å²) in [7, 11) is 0. The van der Waals surface area contributed by atoms with Crippen LogP contribution in [0.3, 0.4) is 0 Å². The van der Waals surface area contributed by atoms with Crippen LogP contribution in [-0.2, 0) is 11.2 Å². The number of nitrogens with zero attached hydrogens (tertiary/aromatic N) is 2. The molecule has 0 aliphatic carbocycles. The fraction of sp³-hybridized carbons (Fsp3) is 0.444. The van der Waals surface area contributed by atoms with Gasteiger partial charge < -0.3 is 15.1 Å². The first-order valence-corrected chi connectivity index (χ1v) is 8.27. The Bertz CT molecular complexity index is 649. The highest BCUT2D eigenvalue weighted by Crippen LogP contribution is 2.21. The largest absolute Gasteiger partial charge is 0.441 e. The lowest BCUT2D eigenvalue weighted by molar-refractivity contribution is -0.131. The average molecular weight is 386 g/mol. The van der Waals surface area contributed by atoms with Crippen LogP contribution in [0.15, 0.2) is 40.9 Å². The molecule has 1 aliphatic heterocycles. The van der Waals surface area contributed by atoms with Crippen molar-refractivity contribution in [2.24, 2.45) is 5.73 Å². The van der Waals surface area contributed by atoms with Crippen LogP contribution in [0.25, 0.3) is 11.3 Å². The van der Waals surface area contributed by atoms with Crippen LogP contribution in [-0.4, -0.2) is 34.9 Å². The lowest BCUT2D eigenvalue weighted by atomic mass is 10.2. The van der Waals surface area contributed by atoms with Crippen LogP contribution < -0.4 is 5.73 Å². The summed E-state index contributed by atoms with van der Waals surface area (Å²) in [6, 6.07) is 10.1. The van der Waals surface area contributed by atoms with Crippen molar-refractivity contribution in [3.05, 3.63) is 42.4 Å². The van der Waals surface area contributed by atoms with E-state index in [0.717, 1.165) is 37.1 Å². The van der Waals surface area contributed by atoms with Crippen molar-refractivity contribution < 1.29 is 9.21 Å². The zero-order valence-electron chi connectivity index (χ0n) is 14.1. The van der Waals surface area contributed by atoms with Crippen molar-refractivity contribution in [1.82, 2.24) is 9.88 Å². The van der Waals surface area contributed by atoms with Crippen LogP contribution in [0.5, 0.6) is 0 Å². The van der Waals surface area contributed by atoms with E-state index in [0.29, 0.717) is 25.3 Å². The van der Waals surface area contributed by atoms with Gasteiger partial charge in [-0.3, -0.25) is 4.79 Å². The Labute approximate surface area is 160 Å². The van der Waals surface area contributed by atoms with Crippen molar-refractivity contribution in [3.63, 3.8) is 0 Å². The van der Waals surface area contributed by atoms with E-state index < -0.39 is 0 Å². The molecule has 1 aromatic carbocycles. The van der Waals surface area contributed by atoms with Gasteiger partial charge in [0.25, 0.3) is 0 Å². The quantitative estimate of drug-likeness (QED) is 0.825. The molecule has 2 aromatic rings. The van der Waals surface area contributed by atoms with Gasteiger partial charge in [-0.1, -0.05) is 30.3 Å². The van der Waals surface area contributed by atoms with Crippen LogP contribution in [0.4, 0.5) is 0 Å². The molecule has 0 bridgehead atoms. The summed E-state index contributed by atoms with van der Waals surface area (Å²) in [5.41, 5.74) is 6.74. The minimum Gasteiger partial charge on any atom is -0.441 e. The molecule has 5 nitrogen and oxygen atoms in total. The van der Waals surface area contributed by atoms with E-state index in [-0.39, 0.29) is 36.8 Å². The molecule has 1 aromatic heterocycles. The van der Waals surface area contributed by atoms with Crippen molar-refractivity contribution in [1.29, 1.82) is 0 Å². The predicted molar refractivity (Wildman–Crippen MR) is 103 cm³/mol. The SMILES string of the molecule is Cl.Cl.NCC1CCCN1C(=O)CCCc1ncc(-c2ccccc2)o1. The van der Waals surface area contributed by atoms with E-state index in [1.54, 1.807) is 6.20 Å². The van der Waals surface area contributed by atoms with E-state index >= 15 is 0 Å². The summed E-state index contributed by atoms with van der Waals surface area (Å²) in [6.45, 7) is 1.41. The van der Waals surface area contributed by atoms with E-state index in [2.05, 4.69) is 4.98 Å². The third kappa shape index (κ3) is 5.46. The molecule has 1 amide bonds. The third-order valence-corrected chi connectivity index (χ3v) is 4.36. The van der Waals surface area contributed by atoms with E-state index in [1.807, 2.05) is 35.2 Å². The highest BCUT2D eigenvalue weighted by atomic mass is 35.5. The van der Waals surface area contributed by atoms with Crippen molar-refractivity contribution in [2.75, 3.05) is 13.1 Å². The number of nitrogens with two attached hydrogens (primary N) is 1. The van der Waals surface area contributed by atoms with Crippen molar-refractivity contribution >= 4 is 30.7 Å². The Balaban J connectivity index is 0.00000156. The molecule has 1 unspecified atom stereocenters. The van der Waals surface area contributed by atoms with Crippen LogP contribution in [0.1, 0.15) is 31.6 Å². The first-order valence-electron chi connectivity index (χ1n) is 8.27. The maximum absolute atomic E-state index is 12.3. The van der Waals surface area contributed by atoms with Gasteiger partial charge in [0.1, 0.15) is 0 Å². The monoisotopic (exact) mass is 385 g/mol. The number of aryl methyl sites for hydroxylation is 1. The number of amides is 1. The molecule has 0 spiro atoms. The maximum atomic E-state index is 12.3. The van der Waals surface area contributed by atoms with Gasteiger partial charge in [-0.25, -0.2) is 4.98 Å². The van der Waals surface area contributed by atoms with Gasteiger partial charge in [-0.15, -0.1) is 24.8 Å². The molecular weight excluding hydrogens is 361 g/mol. The van der Waals surface area contributed by atoms with Crippen LogP contribution in [0.2, 0.25) is 0 Å². The highest BCUT2D eigenvalue weighted by molar-refractivity contribution is 5.85. The zero-order valence-corrected chi connectivity index (χ0v) is 15.7. The Kier molecular flexibility index (Phi) is 8.97. The summed E-state index contributed by atoms with van der Waals surface area (Å²) in [5, 5.41) is 0. The van der Waals surface area contributed by atoms with Gasteiger partial charge in [0.05, 0.1) is 6.20 Å². The zero-order chi connectivity index (χ0) is 16.1. The number of likely N-dealkylation sites (tertiary alicyclic amines) is 1. The topological polar surface area (TPSA) is 72.4 Å². The molecule has 0 saturated carbocycles. The lowest BCUT2D eigenvalue weighted by Crippen LogP contribution is -2.39. The van der Waals surface area contributed by atoms with Gasteiger partial charge in [0.2, 0.25) is 5.91 Å². The van der Waals surface area contributed by atoms with Crippen molar-refractivity contribution in [2.45, 2.75) is 38.1 Å². The molecule has 7 heteroatoms. The Morgan fingerprint density at radius 2 is 2.04 bits per heavy atom. The number of halogens is 2. The van der Waals surface area contributed by atoms with Gasteiger partial charge in [0.15, 0.2) is 11.7 Å². The molecule has 1 atom stereocenters. The second-order valence-electron chi connectivity index (χ2n) is 5.96. The molecule has 1 saturated heterocycles. The van der Waals surface area contributed by atoms with E-state index in [4.69, 9.17) is 10.2 Å². The van der Waals surface area contributed by atoms with Crippen LogP contribution >= 0.6 is 24.8 Å². The Hall–Kier alpha value is -1.56. The molecule has 2 heterocycles. The number of hydrogen-bond acceptors (Lipinski definition) is 4. The fourth-order valence-electron chi connectivity index (χ4n) is 3.11. The van der Waals surface area contributed by atoms with Crippen LogP contribution in [0, 0.1) is 0 Å². The minimum absolute atomic E-state index is 0. The number of benzene rings is 1. The second-order valence-corrected chi connectivity index (χ2v) is 5.96. The molecule has 0 radical (unpaired) electrons. The normalized spacial score (nSPS) is 16.2. The summed E-state index contributed by atoms with van der Waals surface area (Å²) in [5.74, 6) is 1.66. The number of oxazole rings is 1. The Morgan fingerprint density at radius 3 is 2.76 bits per heavy atom. The highest BCUT2D eigenvalue weighted by Gasteiger charge is 2.26. The predicted octanol–water partition coefficient (Wildman–Crippen LogP) is 3.46. The molecule has 3 rings (SSSR count). The summed E-state index contributed by atoms with van der Waals surface area (Å²) >= 11 is 0. The lowest BCUT2D eigenvalue weighted by Gasteiger charge is -2.23. The van der Waals surface area contributed by atoms with E-state index in [1.165, 1.54) is 0 Å². The minimum atomic E-state index is 0. The number of carbonyl (C=O) groups excluding carboxylic acids is 1. The summed E-state index contributed by atoms with van der Waals surface area (Å²) in [6.07, 6.45) is 5.80. The first-order chi connectivity index (χ1) is 11.3. The fourth-order valence-corrected chi connectivity index (χ4v) is 3.11. The number of carbonyl (C=O) groups is 1. The molecule has 2 N–H and O–H groups in total. The van der Waals surface area contributed by atoms with Gasteiger partial charge in [-0.2, -0.15) is 0 Å². The van der Waals surface area contributed by atoms with E-state index in [9.17, 15) is 4.79 Å². The number of aromatic nitrogens is 1. The molecule has 25 heavy (non-hydrogen) atoms. The number of rotatable bonds is 6. The van der Waals surface area contributed by atoms with Gasteiger partial charge >= 0.3 is 0 Å². The van der Waals surface area contributed by atoms with Gasteiger partial charge in [0, 0.05) is 37.5 Å². The average Bonchev–Trinajstić information content (AvgIpc) is 3.24. The molecular formula is C18H25Cl2N3O2. The number of hydrogen-bond donors (Lipinski definition) is 1. The molecule has 138 valence electrons. The summed E-state index contributed by atoms with van der Waals surface area (Å²) in [4.78, 5) is 18.5. The maximum Gasteiger partial charge on any atom is 0.222 e. The molecule has 1 fully saturated rings. The smallest absolute Gasteiger partial charge is 0.222 e.